The molecule has 0 aliphatic carbocycles. The van der Waals surface area contributed by atoms with Crippen molar-refractivity contribution in [2.75, 3.05) is 0 Å². The van der Waals surface area contributed by atoms with Gasteiger partial charge >= 0.3 is 0 Å². The van der Waals surface area contributed by atoms with Gasteiger partial charge in [0.2, 0.25) is 0 Å². The Morgan fingerprint density at radius 1 is 0.333 bits per heavy atom. The number of benzene rings is 10. The molecule has 10 aromatic carbocycles. The monoisotopic (exact) mass is 876 g/mol. The molecule has 0 fully saturated rings. The third-order valence-electron chi connectivity index (χ3n) is 13.4. The summed E-state index contributed by atoms with van der Waals surface area (Å²) in [5.41, 5.74) is 7.50. The average molecular weight is 877 g/mol. The Bertz CT molecular complexity index is 4330. The van der Waals surface area contributed by atoms with Crippen LogP contribution >= 0.6 is 22.7 Å². The Kier molecular flexibility index (Phi) is 7.47. The first kappa shape index (κ1) is 36.1. The van der Waals surface area contributed by atoms with Crippen LogP contribution in [0.25, 0.3) is 145 Å². The van der Waals surface area contributed by atoms with Crippen molar-refractivity contribution in [3.05, 3.63) is 194 Å². The highest BCUT2D eigenvalue weighted by Gasteiger charge is 2.24. The Balaban J connectivity index is 1.06. The summed E-state index contributed by atoms with van der Waals surface area (Å²) in [7, 11) is 0. The zero-order chi connectivity index (χ0) is 43.0. The van der Waals surface area contributed by atoms with Crippen LogP contribution in [0.3, 0.4) is 0 Å². The second-order valence-electron chi connectivity index (χ2n) is 17.2. The van der Waals surface area contributed by atoms with Gasteiger partial charge in [0.15, 0.2) is 17.5 Å². The standard InChI is InChI=1S/C59H32N4OS2/c1-3-13-35-27-48-44(25-33(35)11-1)45-26-34-12-2-4-14-36(34)28-49(45)63(48)50-32-52-46(39-15-5-8-18-51(39)64-52)31-47(50)59-61-57(37-21-23-42-40-16-6-9-19-53(40)65-55(42)29-37)60-58(62-59)38-22-24-43-41-17-7-10-20-54(41)66-56(43)30-38/h1-32H. The van der Waals surface area contributed by atoms with E-state index in [1.807, 2.05) is 12.1 Å². The number of rotatable bonds is 4. The average Bonchev–Trinajstić information content (AvgIpc) is 4.12. The molecular formula is C59H32N4OS2. The lowest BCUT2D eigenvalue weighted by Crippen LogP contribution is -2.04. The number of thiophene rings is 2. The van der Waals surface area contributed by atoms with Crippen LogP contribution in [0.2, 0.25) is 0 Å². The molecule has 0 atom stereocenters. The van der Waals surface area contributed by atoms with Gasteiger partial charge < -0.3 is 8.98 Å². The molecule has 0 radical (unpaired) electrons. The van der Waals surface area contributed by atoms with E-state index in [0.717, 1.165) is 55.3 Å². The topological polar surface area (TPSA) is 56.7 Å². The van der Waals surface area contributed by atoms with Crippen molar-refractivity contribution in [2.45, 2.75) is 0 Å². The van der Waals surface area contributed by atoms with Gasteiger partial charge in [-0.3, -0.25) is 0 Å². The summed E-state index contributed by atoms with van der Waals surface area (Å²) in [4.78, 5) is 16.3. The molecule has 7 heteroatoms. The van der Waals surface area contributed by atoms with Crippen LogP contribution in [-0.2, 0) is 0 Å². The van der Waals surface area contributed by atoms with E-state index in [2.05, 4.69) is 187 Å². The van der Waals surface area contributed by atoms with Gasteiger partial charge in [-0.05, 0) is 82.2 Å². The molecule has 0 aliphatic heterocycles. The maximum absolute atomic E-state index is 6.70. The Morgan fingerprint density at radius 3 is 1.38 bits per heavy atom. The molecule has 0 unspecified atom stereocenters. The van der Waals surface area contributed by atoms with Crippen LogP contribution < -0.4 is 0 Å². The van der Waals surface area contributed by atoms with Gasteiger partial charge in [-0.25, -0.2) is 15.0 Å². The maximum Gasteiger partial charge on any atom is 0.166 e. The quantitative estimate of drug-likeness (QED) is 0.177. The summed E-state index contributed by atoms with van der Waals surface area (Å²) in [5.74, 6) is 1.82. The van der Waals surface area contributed by atoms with Crippen LogP contribution in [0.15, 0.2) is 199 Å². The zero-order valence-electron chi connectivity index (χ0n) is 35.0. The Morgan fingerprint density at radius 2 is 0.803 bits per heavy atom. The number of nitrogens with zero attached hydrogens (tertiary/aromatic N) is 4. The van der Waals surface area contributed by atoms with E-state index in [-0.39, 0.29) is 0 Å². The molecule has 5 aromatic heterocycles. The van der Waals surface area contributed by atoms with Gasteiger partial charge in [0.25, 0.3) is 0 Å². The first-order chi connectivity index (χ1) is 32.6. The van der Waals surface area contributed by atoms with Gasteiger partial charge in [-0.15, -0.1) is 22.7 Å². The molecule has 0 N–H and O–H groups in total. The maximum atomic E-state index is 6.70. The minimum Gasteiger partial charge on any atom is -0.456 e. The first-order valence-electron chi connectivity index (χ1n) is 22.1. The fourth-order valence-corrected chi connectivity index (χ4v) is 12.5. The van der Waals surface area contributed by atoms with Gasteiger partial charge in [-0.2, -0.15) is 0 Å². The molecular weight excluding hydrogens is 845 g/mol. The molecule has 5 nitrogen and oxygen atoms in total. The van der Waals surface area contributed by atoms with Gasteiger partial charge in [0.1, 0.15) is 11.2 Å². The summed E-state index contributed by atoms with van der Waals surface area (Å²) in [6.07, 6.45) is 0. The molecule has 0 spiro atoms. The van der Waals surface area contributed by atoms with E-state index < -0.39 is 0 Å². The van der Waals surface area contributed by atoms with E-state index >= 15 is 0 Å². The summed E-state index contributed by atoms with van der Waals surface area (Å²) in [5, 5.41) is 14.1. The lowest BCUT2D eigenvalue weighted by Gasteiger charge is -2.15. The van der Waals surface area contributed by atoms with E-state index in [1.165, 1.54) is 72.7 Å². The second-order valence-corrected chi connectivity index (χ2v) is 19.3. The highest BCUT2D eigenvalue weighted by atomic mass is 32.1. The molecule has 0 saturated heterocycles. The molecule has 15 rings (SSSR count). The number of furan rings is 1. The fourth-order valence-electron chi connectivity index (χ4n) is 10.3. The van der Waals surface area contributed by atoms with E-state index in [9.17, 15) is 0 Å². The van der Waals surface area contributed by atoms with Crippen LogP contribution in [0, 0.1) is 0 Å². The van der Waals surface area contributed by atoms with Crippen molar-refractivity contribution in [3.8, 4) is 39.9 Å². The summed E-state index contributed by atoms with van der Waals surface area (Å²) < 4.78 is 14.0. The van der Waals surface area contributed by atoms with E-state index in [0.29, 0.717) is 17.5 Å². The second kappa shape index (κ2) is 13.6. The Labute approximate surface area is 384 Å². The van der Waals surface area contributed by atoms with Crippen molar-refractivity contribution in [1.82, 2.24) is 19.5 Å². The SMILES string of the molecule is c1ccc2cc3c(cc2c1)c1cc2ccccc2cc1n3-c1cc2oc3ccccc3c2cc1-c1nc(-c2ccc3c(c2)sc2ccccc23)nc(-c2ccc3c(c2)sc2ccccc23)n1. The summed E-state index contributed by atoms with van der Waals surface area (Å²) >= 11 is 3.60. The number of fused-ring (bicyclic) bond motifs is 14. The predicted octanol–water partition coefficient (Wildman–Crippen LogP) is 16.9. The summed E-state index contributed by atoms with van der Waals surface area (Å²) in [6, 6.07) is 69.8. The number of para-hydroxylation sites is 1. The minimum atomic E-state index is 0.585. The molecule has 15 aromatic rings. The lowest BCUT2D eigenvalue weighted by atomic mass is 10.0. The Hall–Kier alpha value is -8.23. The number of hydrogen-bond acceptors (Lipinski definition) is 6. The molecule has 66 heavy (non-hydrogen) atoms. The van der Waals surface area contributed by atoms with Crippen molar-refractivity contribution in [3.63, 3.8) is 0 Å². The van der Waals surface area contributed by atoms with Crippen molar-refractivity contribution >= 4 is 128 Å². The van der Waals surface area contributed by atoms with Crippen LogP contribution in [-0.4, -0.2) is 19.5 Å². The molecule has 5 heterocycles. The highest BCUT2D eigenvalue weighted by molar-refractivity contribution is 7.26. The van der Waals surface area contributed by atoms with Crippen molar-refractivity contribution in [1.29, 1.82) is 0 Å². The van der Waals surface area contributed by atoms with E-state index in [1.54, 1.807) is 22.7 Å². The highest BCUT2D eigenvalue weighted by Crippen LogP contribution is 2.44. The number of hydrogen-bond donors (Lipinski definition) is 0. The largest absolute Gasteiger partial charge is 0.456 e. The molecule has 0 saturated carbocycles. The van der Waals surface area contributed by atoms with Crippen LogP contribution in [0.4, 0.5) is 0 Å². The zero-order valence-corrected chi connectivity index (χ0v) is 36.6. The first-order valence-corrected chi connectivity index (χ1v) is 23.7. The fraction of sp³-hybridized carbons (Fsp3) is 0. The van der Waals surface area contributed by atoms with Gasteiger partial charge in [-0.1, -0.05) is 127 Å². The smallest absolute Gasteiger partial charge is 0.166 e. The van der Waals surface area contributed by atoms with Gasteiger partial charge in [0, 0.05) is 84.6 Å². The summed E-state index contributed by atoms with van der Waals surface area (Å²) in [6.45, 7) is 0. The van der Waals surface area contributed by atoms with Gasteiger partial charge in [0.05, 0.1) is 16.7 Å². The van der Waals surface area contributed by atoms with E-state index in [4.69, 9.17) is 19.4 Å². The van der Waals surface area contributed by atoms with Crippen LogP contribution in [0.5, 0.6) is 0 Å². The lowest BCUT2D eigenvalue weighted by molar-refractivity contribution is 0.668. The van der Waals surface area contributed by atoms with Crippen LogP contribution in [0.1, 0.15) is 0 Å². The number of aromatic nitrogens is 4. The van der Waals surface area contributed by atoms with Crippen molar-refractivity contribution < 1.29 is 4.42 Å². The normalized spacial score (nSPS) is 12.2. The molecule has 0 amide bonds. The molecule has 0 bridgehead atoms. The van der Waals surface area contributed by atoms with Crippen molar-refractivity contribution in [2.24, 2.45) is 0 Å². The molecule has 306 valence electrons. The minimum absolute atomic E-state index is 0.585. The third kappa shape index (κ3) is 5.35. The third-order valence-corrected chi connectivity index (χ3v) is 15.7. The molecule has 0 aliphatic rings. The predicted molar refractivity (Wildman–Crippen MR) is 279 cm³/mol.